The van der Waals surface area contributed by atoms with E-state index in [1.54, 1.807) is 12.1 Å². The van der Waals surface area contributed by atoms with Crippen LogP contribution in [-0.4, -0.2) is 44.2 Å². The molecule has 0 aliphatic carbocycles. The summed E-state index contributed by atoms with van der Waals surface area (Å²) in [6.45, 7) is 3.20. The second-order valence-corrected chi connectivity index (χ2v) is 13.9. The van der Waals surface area contributed by atoms with Crippen molar-refractivity contribution in [2.45, 2.75) is 17.3 Å². The van der Waals surface area contributed by atoms with Crippen LogP contribution in [0.25, 0.3) is 10.1 Å². The van der Waals surface area contributed by atoms with Gasteiger partial charge in [0, 0.05) is 16.6 Å². The Morgan fingerprint density at radius 2 is 2.02 bits per heavy atom. The molecule has 41 heavy (non-hydrogen) atoms. The minimum absolute atomic E-state index is 0.172. The molecule has 0 amide bonds. The fourth-order valence-electron chi connectivity index (χ4n) is 3.91. The van der Waals surface area contributed by atoms with Crippen LogP contribution in [0.1, 0.15) is 16.7 Å². The van der Waals surface area contributed by atoms with Gasteiger partial charge >= 0.3 is 13.8 Å². The van der Waals surface area contributed by atoms with Crippen LogP contribution in [-0.2, 0) is 20.8 Å². The second-order valence-electron chi connectivity index (χ2n) is 8.73. The van der Waals surface area contributed by atoms with Crippen molar-refractivity contribution >= 4 is 50.6 Å². The zero-order valence-electron chi connectivity index (χ0n) is 21.2. The van der Waals surface area contributed by atoms with Crippen LogP contribution in [0.5, 0.6) is 11.5 Å². The normalized spacial score (nSPS) is 15.1. The number of fused-ring (bicyclic) bond motifs is 1. The van der Waals surface area contributed by atoms with Crippen LogP contribution >= 0.6 is 30.5 Å². The molecule has 1 unspecified atom stereocenters. The van der Waals surface area contributed by atoms with E-state index >= 15 is 0 Å². The van der Waals surface area contributed by atoms with Crippen molar-refractivity contribution < 1.29 is 40.3 Å². The van der Waals surface area contributed by atoms with Crippen molar-refractivity contribution in [2.24, 2.45) is 0 Å². The van der Waals surface area contributed by atoms with E-state index in [0.29, 0.717) is 35.1 Å². The first kappa shape index (κ1) is 30.9. The number of hydrogen-bond donors (Lipinski definition) is 2. The summed E-state index contributed by atoms with van der Waals surface area (Å²) in [6, 6.07) is 6.74. The van der Waals surface area contributed by atoms with Crippen LogP contribution in [0.2, 0.25) is 5.02 Å². The standard InChI is InChI=1S/C25H22ClF3N3O6PS2/c1-16-22-21(8-7-20(23(22)26)37-12-11-32-9-3-2-4-10-32)40-24(16)41(35,36)31-15-39(33,34)38-18-6-5-17(14-30)19(13-18)25(27,28)29/h2-9,13,31H,10-12,15H2,1H3,(H,33,34). The van der Waals surface area contributed by atoms with Crippen molar-refractivity contribution in [3.8, 4) is 17.6 Å². The molecule has 1 aromatic heterocycles. The summed E-state index contributed by atoms with van der Waals surface area (Å²) in [5.74, 6) is -0.297. The number of benzene rings is 2. The van der Waals surface area contributed by atoms with Crippen molar-refractivity contribution in [3.63, 3.8) is 0 Å². The highest BCUT2D eigenvalue weighted by Gasteiger charge is 2.35. The van der Waals surface area contributed by atoms with Gasteiger partial charge in [0.25, 0.3) is 10.0 Å². The monoisotopic (exact) mass is 647 g/mol. The Balaban J connectivity index is 1.48. The molecule has 2 heterocycles. The molecule has 3 aromatic rings. The molecule has 9 nitrogen and oxygen atoms in total. The van der Waals surface area contributed by atoms with E-state index in [2.05, 4.69) is 0 Å². The molecule has 0 radical (unpaired) electrons. The highest BCUT2D eigenvalue weighted by atomic mass is 35.5. The third-order valence-electron chi connectivity index (χ3n) is 5.84. The van der Waals surface area contributed by atoms with E-state index in [9.17, 15) is 31.0 Å². The maximum absolute atomic E-state index is 13.2. The van der Waals surface area contributed by atoms with E-state index in [0.717, 1.165) is 30.0 Å². The fourth-order valence-corrected chi connectivity index (χ4v) is 8.63. The number of halogens is 4. The molecule has 0 spiro atoms. The zero-order chi connectivity index (χ0) is 30.0. The van der Waals surface area contributed by atoms with Gasteiger partial charge in [-0.05, 0) is 55.1 Å². The predicted molar refractivity (Wildman–Crippen MR) is 149 cm³/mol. The van der Waals surface area contributed by atoms with Crippen LogP contribution < -0.4 is 14.0 Å². The highest BCUT2D eigenvalue weighted by molar-refractivity contribution is 7.92. The number of ether oxygens (including phenoxy) is 1. The molecule has 2 aromatic carbocycles. The molecule has 1 atom stereocenters. The predicted octanol–water partition coefficient (Wildman–Crippen LogP) is 6.02. The zero-order valence-corrected chi connectivity index (χ0v) is 24.5. The van der Waals surface area contributed by atoms with Gasteiger partial charge in [-0.3, -0.25) is 0 Å². The van der Waals surface area contributed by atoms with E-state index < -0.39 is 47.0 Å². The van der Waals surface area contributed by atoms with Crippen LogP contribution in [0.3, 0.4) is 0 Å². The number of hydrogen-bond acceptors (Lipinski definition) is 8. The van der Waals surface area contributed by atoms with Crippen molar-refractivity contribution in [1.82, 2.24) is 9.62 Å². The van der Waals surface area contributed by atoms with Crippen molar-refractivity contribution in [2.75, 3.05) is 26.0 Å². The minimum Gasteiger partial charge on any atom is -0.490 e. The summed E-state index contributed by atoms with van der Waals surface area (Å²) in [6.07, 6.45) is 1.73. The van der Waals surface area contributed by atoms with Gasteiger partial charge in [-0.15, -0.1) is 11.3 Å². The third-order valence-corrected chi connectivity index (χ3v) is 10.8. The summed E-state index contributed by atoms with van der Waals surface area (Å²) in [5.41, 5.74) is -1.78. The van der Waals surface area contributed by atoms with E-state index in [4.69, 9.17) is 26.1 Å². The van der Waals surface area contributed by atoms with Gasteiger partial charge < -0.3 is 19.1 Å². The van der Waals surface area contributed by atoms with E-state index in [1.807, 2.05) is 34.1 Å². The minimum atomic E-state index is -4.92. The molecule has 4 rings (SSSR count). The summed E-state index contributed by atoms with van der Waals surface area (Å²) < 4.78 is 91.3. The number of alkyl halides is 3. The first-order valence-electron chi connectivity index (χ1n) is 11.8. The molecule has 1 aliphatic rings. The Morgan fingerprint density at radius 1 is 1.27 bits per heavy atom. The first-order valence-corrected chi connectivity index (χ1v) is 16.2. The average Bonchev–Trinajstić information content (AvgIpc) is 3.27. The Bertz CT molecular complexity index is 1730. The van der Waals surface area contributed by atoms with Gasteiger partial charge in [0.1, 0.15) is 28.6 Å². The average molecular weight is 648 g/mol. The summed E-state index contributed by atoms with van der Waals surface area (Å²) in [4.78, 5) is 12.2. The summed E-state index contributed by atoms with van der Waals surface area (Å²) in [5, 5.41) is 9.54. The highest BCUT2D eigenvalue weighted by Crippen LogP contribution is 2.45. The third kappa shape index (κ3) is 7.24. The Kier molecular flexibility index (Phi) is 9.08. The van der Waals surface area contributed by atoms with Crippen molar-refractivity contribution in [1.29, 1.82) is 5.26 Å². The summed E-state index contributed by atoms with van der Waals surface area (Å²) in [7, 11) is -9.18. The largest absolute Gasteiger partial charge is 0.490 e. The Morgan fingerprint density at radius 3 is 2.68 bits per heavy atom. The lowest BCUT2D eigenvalue weighted by molar-refractivity contribution is -0.137. The van der Waals surface area contributed by atoms with Crippen LogP contribution in [0.15, 0.2) is 59.0 Å². The number of allylic oxidation sites excluding steroid dienone is 2. The molecule has 0 saturated carbocycles. The number of thiophene rings is 1. The molecular weight excluding hydrogens is 626 g/mol. The molecule has 16 heteroatoms. The van der Waals surface area contributed by atoms with E-state index in [-0.39, 0.29) is 14.8 Å². The van der Waals surface area contributed by atoms with Gasteiger partial charge in [0.2, 0.25) is 0 Å². The molecule has 218 valence electrons. The number of nitrogens with one attached hydrogen (secondary N) is 1. The number of nitrogens with zero attached hydrogens (tertiary/aromatic N) is 2. The number of sulfonamides is 1. The SMILES string of the molecule is Cc1c(S(=O)(=O)NCP(=O)(O)Oc2ccc(C#N)c(C(F)(F)F)c2)sc2ccc(OCCN3C=CC=CC3)c(Cl)c12. The Labute approximate surface area is 242 Å². The van der Waals surface area contributed by atoms with Gasteiger partial charge in [0.05, 0.1) is 28.8 Å². The quantitative estimate of drug-likeness (QED) is 0.256. The maximum atomic E-state index is 13.2. The molecular formula is C25H22ClF3N3O6PS2. The van der Waals surface area contributed by atoms with Crippen LogP contribution in [0.4, 0.5) is 13.2 Å². The lowest BCUT2D eigenvalue weighted by atomic mass is 10.1. The smallest absolute Gasteiger partial charge is 0.417 e. The van der Waals surface area contributed by atoms with E-state index in [1.165, 1.54) is 13.0 Å². The van der Waals surface area contributed by atoms with Gasteiger partial charge in [-0.25, -0.2) is 13.0 Å². The molecule has 0 bridgehead atoms. The Hall–Kier alpha value is -3.05. The number of aryl methyl sites for hydroxylation is 1. The maximum Gasteiger partial charge on any atom is 0.417 e. The topological polar surface area (TPSA) is 129 Å². The molecule has 0 saturated heterocycles. The number of rotatable bonds is 10. The second kappa shape index (κ2) is 12.1. The number of nitriles is 1. The van der Waals surface area contributed by atoms with Gasteiger partial charge in [-0.2, -0.15) is 23.2 Å². The first-order chi connectivity index (χ1) is 19.2. The summed E-state index contributed by atoms with van der Waals surface area (Å²) >= 11 is 7.44. The van der Waals surface area contributed by atoms with Gasteiger partial charge in [0.15, 0.2) is 0 Å². The molecule has 0 fully saturated rings. The fraction of sp³-hybridized carbons (Fsp3) is 0.240. The van der Waals surface area contributed by atoms with Gasteiger partial charge in [-0.1, -0.05) is 23.8 Å². The van der Waals surface area contributed by atoms with Crippen molar-refractivity contribution in [3.05, 3.63) is 76.5 Å². The lowest BCUT2D eigenvalue weighted by Crippen LogP contribution is -2.25. The molecule has 1 aliphatic heterocycles. The molecule has 2 N–H and O–H groups in total. The lowest BCUT2D eigenvalue weighted by Gasteiger charge is -2.20. The van der Waals surface area contributed by atoms with Crippen LogP contribution in [0, 0.1) is 18.3 Å².